The molecule has 0 saturated heterocycles. The van der Waals surface area contributed by atoms with E-state index in [0.717, 1.165) is 0 Å². The molecule has 0 radical (unpaired) electrons. The minimum absolute atomic E-state index is 0.128. The molecule has 0 aromatic heterocycles. The molecule has 6 heteroatoms. The van der Waals surface area contributed by atoms with Crippen LogP contribution in [-0.4, -0.2) is 20.5 Å². The van der Waals surface area contributed by atoms with E-state index in [9.17, 15) is 15.0 Å². The Hall–Kier alpha value is -1.75. The van der Waals surface area contributed by atoms with Gasteiger partial charge in [-0.15, -0.1) is 0 Å². The molecule has 2 aromatic rings. The monoisotopic (exact) mass is 352 g/mol. The predicted octanol–water partition coefficient (Wildman–Crippen LogP) is 3.87. The summed E-state index contributed by atoms with van der Waals surface area (Å²) in [6, 6.07) is 13.8. The molecule has 0 bridgehead atoms. The van der Waals surface area contributed by atoms with E-state index in [4.69, 9.17) is 27.9 Å². The summed E-state index contributed by atoms with van der Waals surface area (Å²) in [7, 11) is 0. The van der Waals surface area contributed by atoms with Gasteiger partial charge in [-0.2, -0.15) is 0 Å². The van der Waals surface area contributed by atoms with Gasteiger partial charge in [-0.25, -0.2) is 0 Å². The van der Waals surface area contributed by atoms with E-state index in [0.29, 0.717) is 22.6 Å². The minimum Gasteiger partial charge on any atom is -0.480 e. The van der Waals surface area contributed by atoms with Gasteiger partial charge in [0.1, 0.15) is 21.2 Å². The third-order valence-electron chi connectivity index (χ3n) is 4.07. The first-order valence-electron chi connectivity index (χ1n) is 6.99. The van der Waals surface area contributed by atoms with Crippen LogP contribution in [0.5, 0.6) is 11.5 Å². The lowest BCUT2D eigenvalue weighted by Gasteiger charge is -2.15. The third kappa shape index (κ3) is 2.67. The number of ether oxygens (including phenoxy) is 1. The molecule has 1 aliphatic carbocycles. The number of hydrogen-bond acceptors (Lipinski definition) is 3. The summed E-state index contributed by atoms with van der Waals surface area (Å²) < 4.78 is 4.44. The van der Waals surface area contributed by atoms with Gasteiger partial charge in [0.05, 0.1) is 6.61 Å². The molecule has 0 amide bonds. The Bertz CT molecular complexity index is 743. The molecule has 2 N–H and O–H groups in total. The maximum absolute atomic E-state index is 11.5. The van der Waals surface area contributed by atoms with Crippen LogP contribution in [0.1, 0.15) is 17.5 Å². The van der Waals surface area contributed by atoms with Gasteiger partial charge in [-0.3, -0.25) is 4.79 Å². The quantitative estimate of drug-likeness (QED) is 0.801. The van der Waals surface area contributed by atoms with Crippen LogP contribution in [0.2, 0.25) is 0 Å². The van der Waals surface area contributed by atoms with Crippen molar-refractivity contribution < 1.29 is 19.7 Å². The highest BCUT2D eigenvalue weighted by Gasteiger charge is 2.72. The van der Waals surface area contributed by atoms with Crippen LogP contribution in [0.4, 0.5) is 0 Å². The van der Waals surface area contributed by atoms with E-state index < -0.39 is 15.7 Å². The molecule has 1 atom stereocenters. The number of aliphatic hydroxyl groups excluding tert-OH is 1. The molecule has 120 valence electrons. The first kappa shape index (κ1) is 16.1. The third-order valence-corrected chi connectivity index (χ3v) is 4.98. The Kier molecular flexibility index (Phi) is 4.00. The van der Waals surface area contributed by atoms with Crippen molar-refractivity contribution in [3.63, 3.8) is 0 Å². The average molecular weight is 353 g/mol. The lowest BCUT2D eigenvalue weighted by molar-refractivity contribution is -0.140. The summed E-state index contributed by atoms with van der Waals surface area (Å²) in [6.07, 6.45) is 0.173. The van der Waals surface area contributed by atoms with Gasteiger partial charge in [0, 0.05) is 12.0 Å². The fraction of sp³-hybridized carbons (Fsp3) is 0.235. The summed E-state index contributed by atoms with van der Waals surface area (Å²) in [4.78, 5) is 11.5. The molecule has 0 spiro atoms. The molecule has 23 heavy (non-hydrogen) atoms. The number of halogens is 2. The second-order valence-corrected chi connectivity index (χ2v) is 6.97. The largest absolute Gasteiger partial charge is 0.480 e. The summed E-state index contributed by atoms with van der Waals surface area (Å²) in [5, 5.41) is 18.7. The van der Waals surface area contributed by atoms with Crippen molar-refractivity contribution in [1.82, 2.24) is 0 Å². The number of carbonyl (C=O) groups is 1. The molecule has 1 aliphatic rings. The highest BCUT2D eigenvalue weighted by Crippen LogP contribution is 2.65. The van der Waals surface area contributed by atoms with E-state index >= 15 is 0 Å². The van der Waals surface area contributed by atoms with Gasteiger partial charge in [0.25, 0.3) is 0 Å². The van der Waals surface area contributed by atoms with Crippen LogP contribution in [0.15, 0.2) is 48.5 Å². The minimum atomic E-state index is -1.29. The molecule has 1 fully saturated rings. The zero-order valence-electron chi connectivity index (χ0n) is 12.0. The van der Waals surface area contributed by atoms with E-state index in [1.54, 1.807) is 36.4 Å². The van der Waals surface area contributed by atoms with Crippen LogP contribution < -0.4 is 4.74 Å². The van der Waals surface area contributed by atoms with Crippen LogP contribution in [0.3, 0.4) is 0 Å². The molecule has 3 rings (SSSR count). The highest BCUT2D eigenvalue weighted by molar-refractivity contribution is 6.54. The molecular weight excluding hydrogens is 339 g/mol. The summed E-state index contributed by atoms with van der Waals surface area (Å²) >= 11 is 12.1. The fourth-order valence-electron chi connectivity index (χ4n) is 2.63. The first-order valence-corrected chi connectivity index (χ1v) is 7.75. The Labute approximate surface area is 143 Å². The van der Waals surface area contributed by atoms with Crippen molar-refractivity contribution in [1.29, 1.82) is 0 Å². The zero-order valence-corrected chi connectivity index (χ0v) is 13.5. The molecule has 0 heterocycles. The highest BCUT2D eigenvalue weighted by atomic mass is 35.5. The van der Waals surface area contributed by atoms with Crippen molar-refractivity contribution in [2.45, 2.75) is 22.8 Å². The number of alkyl halides is 2. The van der Waals surface area contributed by atoms with Gasteiger partial charge in [0.2, 0.25) is 0 Å². The SMILES string of the molecule is O=C(O)C1(c2ccc(Oc3ccccc3CO)cc2)CC1(Cl)Cl. The van der Waals surface area contributed by atoms with Gasteiger partial charge in [-0.05, 0) is 23.8 Å². The number of rotatable bonds is 5. The molecular formula is C17H14Cl2O4. The van der Waals surface area contributed by atoms with Crippen LogP contribution >= 0.6 is 23.2 Å². The van der Waals surface area contributed by atoms with Gasteiger partial charge >= 0.3 is 5.97 Å². The number of benzene rings is 2. The van der Waals surface area contributed by atoms with Gasteiger partial charge in [0.15, 0.2) is 0 Å². The van der Waals surface area contributed by atoms with Crippen LogP contribution in [-0.2, 0) is 16.8 Å². The number of para-hydroxylation sites is 1. The standard InChI is InChI=1S/C17H14Cl2O4/c18-17(19)10-16(17,15(21)22)12-5-7-13(8-6-12)23-14-4-2-1-3-11(14)9-20/h1-8,20H,9-10H2,(H,21,22). The number of aliphatic carboxylic acids is 1. The fourth-order valence-corrected chi connectivity index (χ4v) is 3.41. The second-order valence-electron chi connectivity index (χ2n) is 5.48. The maximum Gasteiger partial charge on any atom is 0.317 e. The van der Waals surface area contributed by atoms with E-state index in [-0.39, 0.29) is 13.0 Å². The van der Waals surface area contributed by atoms with Crippen molar-refractivity contribution in [2.24, 2.45) is 0 Å². The van der Waals surface area contributed by atoms with E-state index in [1.165, 1.54) is 0 Å². The first-order chi connectivity index (χ1) is 10.9. The average Bonchev–Trinajstić information content (AvgIpc) is 3.13. The molecule has 1 saturated carbocycles. The van der Waals surface area contributed by atoms with Gasteiger partial charge < -0.3 is 14.9 Å². The Morgan fingerprint density at radius 1 is 1.13 bits per heavy atom. The normalized spacial score (nSPS) is 21.7. The van der Waals surface area contributed by atoms with Crippen molar-refractivity contribution in [3.05, 3.63) is 59.7 Å². The number of hydrogen-bond donors (Lipinski definition) is 2. The topological polar surface area (TPSA) is 66.8 Å². The molecule has 4 nitrogen and oxygen atoms in total. The Balaban J connectivity index is 1.85. The zero-order chi connectivity index (χ0) is 16.7. The predicted molar refractivity (Wildman–Crippen MR) is 87.2 cm³/mol. The van der Waals surface area contributed by atoms with Gasteiger partial charge in [-0.1, -0.05) is 53.5 Å². The summed E-state index contributed by atoms with van der Waals surface area (Å²) in [6.45, 7) is -0.128. The lowest BCUT2D eigenvalue weighted by Crippen LogP contribution is -2.26. The molecule has 1 unspecified atom stereocenters. The van der Waals surface area contributed by atoms with Crippen molar-refractivity contribution in [2.75, 3.05) is 0 Å². The molecule has 0 aliphatic heterocycles. The molecule has 2 aromatic carbocycles. The summed E-state index contributed by atoms with van der Waals surface area (Å²) in [5.74, 6) is 0.0403. The lowest BCUT2D eigenvalue weighted by atomic mass is 9.96. The van der Waals surface area contributed by atoms with Crippen LogP contribution in [0.25, 0.3) is 0 Å². The second kappa shape index (κ2) is 5.71. The number of carboxylic acids is 1. The number of aliphatic hydroxyl groups is 1. The number of carboxylic acid groups (broad SMARTS) is 1. The van der Waals surface area contributed by atoms with Crippen molar-refractivity contribution in [3.8, 4) is 11.5 Å². The summed E-state index contributed by atoms with van der Waals surface area (Å²) in [5.41, 5.74) is -0.0587. The van der Waals surface area contributed by atoms with E-state index in [1.807, 2.05) is 12.1 Å². The van der Waals surface area contributed by atoms with Crippen LogP contribution in [0, 0.1) is 0 Å². The maximum atomic E-state index is 11.5. The van der Waals surface area contributed by atoms with Crippen molar-refractivity contribution >= 4 is 29.2 Å². The smallest absolute Gasteiger partial charge is 0.317 e. The Morgan fingerprint density at radius 3 is 2.26 bits per heavy atom. The van der Waals surface area contributed by atoms with E-state index in [2.05, 4.69) is 0 Å². The Morgan fingerprint density at radius 2 is 1.74 bits per heavy atom.